The van der Waals surface area contributed by atoms with Gasteiger partial charge >= 0.3 is 0 Å². The van der Waals surface area contributed by atoms with E-state index in [1.54, 1.807) is 23.6 Å². The molecule has 15 heavy (non-hydrogen) atoms. The number of hydrogen-bond donors (Lipinski definition) is 1. The Morgan fingerprint density at radius 3 is 3.13 bits per heavy atom. The summed E-state index contributed by atoms with van der Waals surface area (Å²) in [6.45, 7) is 0. The van der Waals surface area contributed by atoms with Crippen LogP contribution < -0.4 is 5.73 Å². The number of allylic oxidation sites excluding steroid dienone is 1. The van der Waals surface area contributed by atoms with Gasteiger partial charge < -0.3 is 5.73 Å². The predicted molar refractivity (Wildman–Crippen MR) is 66.4 cm³/mol. The first kappa shape index (κ1) is 10.1. The summed E-state index contributed by atoms with van der Waals surface area (Å²) < 4.78 is 1.99. The molecule has 0 bridgehead atoms. The lowest BCUT2D eigenvalue weighted by Gasteiger charge is -1.99. The molecule has 0 aliphatic rings. The van der Waals surface area contributed by atoms with E-state index < -0.39 is 0 Å². The van der Waals surface area contributed by atoms with Crippen molar-refractivity contribution in [3.05, 3.63) is 27.7 Å². The number of nitrogen functional groups attached to an aromatic ring is 1. The number of halogens is 1. The van der Waals surface area contributed by atoms with Crippen LogP contribution in [0.15, 0.2) is 22.1 Å². The molecule has 3 nitrogen and oxygen atoms in total. The molecule has 0 radical (unpaired) electrons. The van der Waals surface area contributed by atoms with Crippen molar-refractivity contribution in [2.24, 2.45) is 0 Å². The smallest absolute Gasteiger partial charge is 0.133 e. The molecule has 0 unspecified atom stereocenters. The van der Waals surface area contributed by atoms with Gasteiger partial charge in [-0.3, -0.25) is 0 Å². The van der Waals surface area contributed by atoms with Crippen molar-refractivity contribution in [1.82, 2.24) is 4.98 Å². The third-order valence-electron chi connectivity index (χ3n) is 1.94. The Bertz CT molecular complexity index is 580. The van der Waals surface area contributed by atoms with Gasteiger partial charge in [-0.15, -0.1) is 11.3 Å². The maximum atomic E-state index is 8.47. The SMILES string of the molecule is N#C/C=C/c1cnc(N)c2c(Br)csc12. The number of nitrogens with two attached hydrogens (primary N) is 1. The fourth-order valence-corrected chi connectivity index (χ4v) is 3.04. The van der Waals surface area contributed by atoms with E-state index in [4.69, 9.17) is 11.0 Å². The molecule has 2 aromatic rings. The van der Waals surface area contributed by atoms with E-state index in [0.29, 0.717) is 5.82 Å². The number of anilines is 1. The molecule has 0 amide bonds. The molecule has 2 rings (SSSR count). The van der Waals surface area contributed by atoms with Gasteiger partial charge in [0, 0.05) is 37.8 Å². The van der Waals surface area contributed by atoms with Crippen LogP contribution in [-0.2, 0) is 0 Å². The van der Waals surface area contributed by atoms with Crippen molar-refractivity contribution in [3.8, 4) is 6.07 Å². The van der Waals surface area contributed by atoms with Gasteiger partial charge in [0.05, 0.1) is 6.07 Å². The molecular weight excluding hydrogens is 274 g/mol. The number of thiophene rings is 1. The second kappa shape index (κ2) is 4.01. The predicted octanol–water partition coefficient (Wildman–Crippen LogP) is 3.18. The molecule has 0 aliphatic carbocycles. The van der Waals surface area contributed by atoms with Gasteiger partial charge in [-0.2, -0.15) is 5.26 Å². The minimum atomic E-state index is 0.507. The zero-order valence-corrected chi connectivity index (χ0v) is 9.97. The molecule has 2 N–H and O–H groups in total. The largest absolute Gasteiger partial charge is 0.383 e. The Kier molecular flexibility index (Phi) is 2.71. The Labute approximate surface area is 99.0 Å². The molecule has 0 aliphatic heterocycles. The fourth-order valence-electron chi connectivity index (χ4n) is 1.30. The van der Waals surface area contributed by atoms with E-state index in [0.717, 1.165) is 20.1 Å². The number of rotatable bonds is 1. The number of hydrogen-bond acceptors (Lipinski definition) is 4. The van der Waals surface area contributed by atoms with Crippen molar-refractivity contribution in [2.45, 2.75) is 0 Å². The summed E-state index contributed by atoms with van der Waals surface area (Å²) in [5.41, 5.74) is 6.69. The first-order valence-electron chi connectivity index (χ1n) is 4.11. The van der Waals surface area contributed by atoms with Gasteiger partial charge in [0.1, 0.15) is 5.82 Å². The standard InChI is InChI=1S/C10H6BrN3S/c11-7-5-15-9-6(2-1-3-12)4-14-10(13)8(7)9/h1-2,4-5H,(H2,13,14)/b2-1+. The summed E-state index contributed by atoms with van der Waals surface area (Å²) in [6, 6.07) is 1.96. The number of nitrogens with zero attached hydrogens (tertiary/aromatic N) is 2. The highest BCUT2D eigenvalue weighted by Gasteiger charge is 2.08. The molecule has 0 atom stereocenters. The van der Waals surface area contributed by atoms with Crippen LogP contribution in [0.25, 0.3) is 16.2 Å². The first-order valence-corrected chi connectivity index (χ1v) is 5.78. The summed E-state index contributed by atoms with van der Waals surface area (Å²) in [4.78, 5) is 4.09. The van der Waals surface area contributed by atoms with Gasteiger partial charge in [0.25, 0.3) is 0 Å². The molecular formula is C10H6BrN3S. The van der Waals surface area contributed by atoms with Gasteiger partial charge in [-0.1, -0.05) is 0 Å². The maximum absolute atomic E-state index is 8.47. The summed E-state index contributed by atoms with van der Waals surface area (Å²) in [5, 5.41) is 11.4. The molecule has 0 spiro atoms. The lowest BCUT2D eigenvalue weighted by Crippen LogP contribution is -1.91. The monoisotopic (exact) mass is 279 g/mol. The average molecular weight is 280 g/mol. The van der Waals surface area contributed by atoms with E-state index in [1.807, 2.05) is 11.4 Å². The molecule has 0 aromatic carbocycles. The molecule has 5 heteroatoms. The van der Waals surface area contributed by atoms with Crippen LogP contribution in [0.3, 0.4) is 0 Å². The van der Waals surface area contributed by atoms with Gasteiger partial charge in [-0.05, 0) is 22.0 Å². The van der Waals surface area contributed by atoms with E-state index in [2.05, 4.69) is 20.9 Å². The zero-order valence-electron chi connectivity index (χ0n) is 7.57. The molecule has 2 aromatic heterocycles. The van der Waals surface area contributed by atoms with E-state index in [1.165, 1.54) is 6.08 Å². The fraction of sp³-hybridized carbons (Fsp3) is 0. The molecule has 0 saturated heterocycles. The van der Waals surface area contributed by atoms with Gasteiger partial charge in [0.15, 0.2) is 0 Å². The number of nitriles is 1. The highest BCUT2D eigenvalue weighted by Crippen LogP contribution is 2.35. The van der Waals surface area contributed by atoms with Crippen LogP contribution in [0.5, 0.6) is 0 Å². The van der Waals surface area contributed by atoms with Gasteiger partial charge in [0.2, 0.25) is 0 Å². The Morgan fingerprint density at radius 2 is 2.40 bits per heavy atom. The first-order chi connectivity index (χ1) is 7.24. The van der Waals surface area contributed by atoms with Crippen molar-refractivity contribution < 1.29 is 0 Å². The molecule has 0 saturated carbocycles. The van der Waals surface area contributed by atoms with E-state index in [-0.39, 0.29) is 0 Å². The maximum Gasteiger partial charge on any atom is 0.133 e. The highest BCUT2D eigenvalue weighted by atomic mass is 79.9. The van der Waals surface area contributed by atoms with Crippen LogP contribution in [0.4, 0.5) is 5.82 Å². The van der Waals surface area contributed by atoms with Gasteiger partial charge in [-0.25, -0.2) is 4.98 Å². The van der Waals surface area contributed by atoms with Crippen molar-refractivity contribution >= 4 is 49.2 Å². The molecule has 0 fully saturated rings. The summed E-state index contributed by atoms with van der Waals surface area (Å²) >= 11 is 5.00. The van der Waals surface area contributed by atoms with Crippen molar-refractivity contribution in [3.63, 3.8) is 0 Å². The Hall–Kier alpha value is -1.38. The van der Waals surface area contributed by atoms with Crippen LogP contribution in [0.1, 0.15) is 5.56 Å². The van der Waals surface area contributed by atoms with Crippen LogP contribution in [-0.4, -0.2) is 4.98 Å². The second-order valence-corrected chi connectivity index (χ2v) is 4.58. The summed E-state index contributed by atoms with van der Waals surface area (Å²) in [6.07, 6.45) is 4.84. The van der Waals surface area contributed by atoms with Crippen LogP contribution in [0, 0.1) is 11.3 Å². The van der Waals surface area contributed by atoms with Crippen LogP contribution >= 0.6 is 27.3 Å². The molecule has 2 heterocycles. The Morgan fingerprint density at radius 1 is 1.60 bits per heavy atom. The summed E-state index contributed by atoms with van der Waals surface area (Å²) in [5.74, 6) is 0.507. The minimum Gasteiger partial charge on any atom is -0.383 e. The third-order valence-corrected chi connectivity index (χ3v) is 3.90. The number of aromatic nitrogens is 1. The lowest BCUT2D eigenvalue weighted by molar-refractivity contribution is 1.36. The third kappa shape index (κ3) is 1.74. The lowest BCUT2D eigenvalue weighted by atomic mass is 10.2. The molecule has 74 valence electrons. The van der Waals surface area contributed by atoms with Crippen LogP contribution in [0.2, 0.25) is 0 Å². The minimum absolute atomic E-state index is 0.507. The van der Waals surface area contributed by atoms with Crippen molar-refractivity contribution in [2.75, 3.05) is 5.73 Å². The zero-order chi connectivity index (χ0) is 10.8. The average Bonchev–Trinajstić information content (AvgIpc) is 2.61. The topological polar surface area (TPSA) is 62.7 Å². The normalized spacial score (nSPS) is 10.9. The number of fused-ring (bicyclic) bond motifs is 1. The Balaban J connectivity index is 2.74. The second-order valence-electron chi connectivity index (χ2n) is 2.85. The van der Waals surface area contributed by atoms with E-state index in [9.17, 15) is 0 Å². The quantitative estimate of drug-likeness (QED) is 0.816. The highest BCUT2D eigenvalue weighted by molar-refractivity contribution is 9.10. The van der Waals surface area contributed by atoms with E-state index >= 15 is 0 Å². The number of pyridine rings is 1. The summed E-state index contributed by atoms with van der Waals surface area (Å²) in [7, 11) is 0. The van der Waals surface area contributed by atoms with Crippen molar-refractivity contribution in [1.29, 1.82) is 5.26 Å².